The number of esters is 1. The van der Waals surface area contributed by atoms with Crippen molar-refractivity contribution >= 4 is 11.8 Å². The quantitative estimate of drug-likeness (QED) is 0.463. The Kier molecular flexibility index (Phi) is 4.94. The summed E-state index contributed by atoms with van der Waals surface area (Å²) in [5.74, 6) is 5.59. The highest BCUT2D eigenvalue weighted by Crippen LogP contribution is 2.19. The van der Waals surface area contributed by atoms with Crippen LogP contribution in [0.1, 0.15) is 29.3 Å². The number of benzene rings is 1. The first-order valence-corrected chi connectivity index (χ1v) is 5.33. The maximum absolute atomic E-state index is 11.3. The minimum Gasteiger partial charge on any atom is -0.495 e. The number of methoxy groups -OCH3 is 2. The first-order valence-electron chi connectivity index (χ1n) is 5.33. The predicted octanol–water partition coefficient (Wildman–Crippen LogP) is 1.81. The first kappa shape index (κ1) is 13.8. The van der Waals surface area contributed by atoms with Gasteiger partial charge in [0.1, 0.15) is 12.2 Å². The number of hydrogen-bond acceptors (Lipinski definition) is 4. The summed E-state index contributed by atoms with van der Waals surface area (Å²) in [7, 11) is 2.83. The molecule has 4 nitrogen and oxygen atoms in total. The zero-order valence-electron chi connectivity index (χ0n) is 10.6. The van der Waals surface area contributed by atoms with E-state index in [0.29, 0.717) is 16.9 Å². The van der Waals surface area contributed by atoms with E-state index >= 15 is 0 Å². The Hall–Kier alpha value is -2.28. The maximum atomic E-state index is 11.3. The molecule has 0 amide bonds. The van der Waals surface area contributed by atoms with Crippen LogP contribution in [0.4, 0.5) is 0 Å². The van der Waals surface area contributed by atoms with Crippen LogP contribution in [0, 0.1) is 11.8 Å². The molecule has 0 spiro atoms. The lowest BCUT2D eigenvalue weighted by Gasteiger charge is -2.04. The molecule has 0 radical (unpaired) electrons. The number of ketones is 1. The Labute approximate surface area is 106 Å². The van der Waals surface area contributed by atoms with Crippen LogP contribution >= 0.6 is 0 Å². The highest BCUT2D eigenvalue weighted by Gasteiger charge is 2.05. The standard InChI is InChI=1S/C14H14O4/c1-10(15)11-7-8-13(17-2)12(9-11)5-4-6-14(16)18-3/h7-9H,6H2,1-3H3. The van der Waals surface area contributed by atoms with Crippen molar-refractivity contribution in [2.24, 2.45) is 0 Å². The van der Waals surface area contributed by atoms with Gasteiger partial charge in [-0.2, -0.15) is 0 Å². The number of carbonyl (C=O) groups is 2. The summed E-state index contributed by atoms with van der Waals surface area (Å²) in [5, 5.41) is 0. The number of ether oxygens (including phenoxy) is 2. The maximum Gasteiger partial charge on any atom is 0.317 e. The van der Waals surface area contributed by atoms with Crippen LogP contribution < -0.4 is 4.74 Å². The average molecular weight is 246 g/mol. The monoisotopic (exact) mass is 246 g/mol. The lowest BCUT2D eigenvalue weighted by Crippen LogP contribution is -1.98. The van der Waals surface area contributed by atoms with Gasteiger partial charge < -0.3 is 9.47 Å². The fraction of sp³-hybridized carbons (Fsp3) is 0.286. The van der Waals surface area contributed by atoms with Gasteiger partial charge in [-0.1, -0.05) is 11.8 Å². The van der Waals surface area contributed by atoms with Crippen molar-refractivity contribution < 1.29 is 19.1 Å². The highest BCUT2D eigenvalue weighted by molar-refractivity contribution is 5.94. The fourth-order valence-electron chi connectivity index (χ4n) is 1.31. The van der Waals surface area contributed by atoms with Crippen molar-refractivity contribution in [2.75, 3.05) is 14.2 Å². The summed E-state index contributed by atoms with van der Waals surface area (Å²) in [4.78, 5) is 22.2. The molecule has 0 heterocycles. The molecule has 94 valence electrons. The Morgan fingerprint density at radius 2 is 2.00 bits per heavy atom. The molecule has 0 aliphatic heterocycles. The van der Waals surface area contributed by atoms with Gasteiger partial charge in [-0.15, -0.1) is 0 Å². The molecule has 18 heavy (non-hydrogen) atoms. The van der Waals surface area contributed by atoms with Crippen molar-refractivity contribution in [1.82, 2.24) is 0 Å². The summed E-state index contributed by atoms with van der Waals surface area (Å²) in [6.45, 7) is 1.48. The van der Waals surface area contributed by atoms with Crippen LogP contribution in [0.2, 0.25) is 0 Å². The second-order valence-corrected chi connectivity index (χ2v) is 3.53. The summed E-state index contributed by atoms with van der Waals surface area (Å²) in [5.41, 5.74) is 1.13. The van der Waals surface area contributed by atoms with Crippen LogP contribution in [0.25, 0.3) is 0 Å². The van der Waals surface area contributed by atoms with Gasteiger partial charge in [0.25, 0.3) is 0 Å². The molecule has 1 aromatic rings. The number of carbonyl (C=O) groups excluding carboxylic acids is 2. The van der Waals surface area contributed by atoms with Gasteiger partial charge in [0.15, 0.2) is 5.78 Å². The average Bonchev–Trinajstić information content (AvgIpc) is 2.38. The molecule has 1 rings (SSSR count). The molecule has 0 bridgehead atoms. The Bertz CT molecular complexity index is 520. The largest absolute Gasteiger partial charge is 0.495 e. The topological polar surface area (TPSA) is 52.6 Å². The molecular formula is C14H14O4. The SMILES string of the molecule is COC(=O)CC#Cc1cc(C(C)=O)ccc1OC. The van der Waals surface area contributed by atoms with E-state index in [2.05, 4.69) is 16.6 Å². The van der Waals surface area contributed by atoms with Gasteiger partial charge in [-0.25, -0.2) is 0 Å². The van der Waals surface area contributed by atoms with Crippen molar-refractivity contribution in [3.8, 4) is 17.6 Å². The van der Waals surface area contributed by atoms with Gasteiger partial charge in [0.2, 0.25) is 0 Å². The van der Waals surface area contributed by atoms with Crippen LogP contribution in [-0.2, 0) is 9.53 Å². The lowest BCUT2D eigenvalue weighted by molar-refractivity contribution is -0.139. The summed E-state index contributed by atoms with van der Waals surface area (Å²) in [6, 6.07) is 5.00. The number of rotatable bonds is 3. The molecule has 1 aromatic carbocycles. The fourth-order valence-corrected chi connectivity index (χ4v) is 1.31. The summed E-state index contributed by atoms with van der Waals surface area (Å²) in [6.07, 6.45) is 0.00392. The van der Waals surface area contributed by atoms with Gasteiger partial charge >= 0.3 is 5.97 Å². The molecule has 0 saturated carbocycles. The van der Waals surface area contributed by atoms with E-state index in [9.17, 15) is 9.59 Å². The van der Waals surface area contributed by atoms with Crippen molar-refractivity contribution in [1.29, 1.82) is 0 Å². The molecule has 0 aliphatic rings. The summed E-state index contributed by atoms with van der Waals surface area (Å²) >= 11 is 0. The molecular weight excluding hydrogens is 232 g/mol. The van der Waals surface area contributed by atoms with Crippen LogP contribution in [-0.4, -0.2) is 26.0 Å². The van der Waals surface area contributed by atoms with Crippen LogP contribution in [0.15, 0.2) is 18.2 Å². The molecule has 0 fully saturated rings. The van der Waals surface area contributed by atoms with Crippen molar-refractivity contribution in [2.45, 2.75) is 13.3 Å². The molecule has 0 atom stereocenters. The Morgan fingerprint density at radius 3 is 2.56 bits per heavy atom. The highest BCUT2D eigenvalue weighted by atomic mass is 16.5. The van der Waals surface area contributed by atoms with Crippen molar-refractivity contribution in [3.63, 3.8) is 0 Å². The Balaban J connectivity index is 3.01. The third kappa shape index (κ3) is 3.63. The van der Waals surface area contributed by atoms with E-state index in [1.165, 1.54) is 21.1 Å². The van der Waals surface area contributed by atoms with Crippen LogP contribution in [0.3, 0.4) is 0 Å². The van der Waals surface area contributed by atoms with E-state index in [0.717, 1.165) is 0 Å². The van der Waals surface area contributed by atoms with E-state index in [4.69, 9.17) is 4.74 Å². The van der Waals surface area contributed by atoms with E-state index in [1.54, 1.807) is 18.2 Å². The zero-order chi connectivity index (χ0) is 13.5. The number of Topliss-reactive ketones (excluding diaryl/α,β-unsaturated/α-hetero) is 1. The second-order valence-electron chi connectivity index (χ2n) is 3.53. The minimum atomic E-state index is -0.399. The van der Waals surface area contributed by atoms with E-state index in [1.807, 2.05) is 0 Å². The van der Waals surface area contributed by atoms with Gasteiger partial charge in [-0.3, -0.25) is 9.59 Å². The van der Waals surface area contributed by atoms with Crippen molar-refractivity contribution in [3.05, 3.63) is 29.3 Å². The first-order chi connectivity index (χ1) is 8.58. The predicted molar refractivity (Wildman–Crippen MR) is 66.5 cm³/mol. The Morgan fingerprint density at radius 1 is 1.28 bits per heavy atom. The lowest BCUT2D eigenvalue weighted by atomic mass is 10.1. The second kappa shape index (κ2) is 6.45. The third-order valence-electron chi connectivity index (χ3n) is 2.29. The van der Waals surface area contributed by atoms with Crippen LogP contribution in [0.5, 0.6) is 5.75 Å². The molecule has 0 saturated heterocycles. The van der Waals surface area contributed by atoms with Gasteiger partial charge in [0, 0.05) is 5.56 Å². The molecule has 0 N–H and O–H groups in total. The number of hydrogen-bond donors (Lipinski definition) is 0. The van der Waals surface area contributed by atoms with E-state index < -0.39 is 5.97 Å². The zero-order valence-corrected chi connectivity index (χ0v) is 10.6. The smallest absolute Gasteiger partial charge is 0.317 e. The summed E-state index contributed by atoms with van der Waals surface area (Å²) < 4.78 is 9.61. The molecule has 0 aliphatic carbocycles. The minimum absolute atomic E-state index is 0.00392. The van der Waals surface area contributed by atoms with E-state index in [-0.39, 0.29) is 12.2 Å². The van der Waals surface area contributed by atoms with Gasteiger partial charge in [-0.05, 0) is 25.1 Å². The molecule has 0 aromatic heterocycles. The normalized spacial score (nSPS) is 9.06. The molecule has 4 heteroatoms. The molecule has 0 unspecified atom stereocenters. The third-order valence-corrected chi connectivity index (χ3v) is 2.29. The van der Waals surface area contributed by atoms with Gasteiger partial charge in [0.05, 0.1) is 19.8 Å².